The summed E-state index contributed by atoms with van der Waals surface area (Å²) in [6.07, 6.45) is 2.53. The number of rotatable bonds is 6. The van der Waals surface area contributed by atoms with Crippen LogP contribution >= 0.6 is 34.5 Å². The summed E-state index contributed by atoms with van der Waals surface area (Å²) in [5, 5.41) is 0.730. The van der Waals surface area contributed by atoms with Crippen LogP contribution in [0, 0.1) is 0 Å². The summed E-state index contributed by atoms with van der Waals surface area (Å²) < 4.78 is 11.9. The summed E-state index contributed by atoms with van der Waals surface area (Å²) in [7, 11) is 1.48. The topological polar surface area (TPSA) is 69.9 Å². The zero-order chi connectivity index (χ0) is 18.8. The van der Waals surface area contributed by atoms with Crippen molar-refractivity contribution in [3.63, 3.8) is 0 Å². The van der Waals surface area contributed by atoms with Crippen molar-refractivity contribution in [1.82, 2.24) is 9.38 Å². The number of hydrogen-bond acceptors (Lipinski definition) is 6. The van der Waals surface area contributed by atoms with E-state index in [4.69, 9.17) is 32.7 Å². The van der Waals surface area contributed by atoms with Crippen molar-refractivity contribution in [2.24, 2.45) is 0 Å². The van der Waals surface area contributed by atoms with Crippen molar-refractivity contribution in [1.29, 1.82) is 0 Å². The van der Waals surface area contributed by atoms with Crippen molar-refractivity contribution in [3.05, 3.63) is 38.9 Å². The van der Waals surface area contributed by atoms with Crippen LogP contribution in [-0.2, 0) is 16.0 Å². The second-order valence-corrected chi connectivity index (χ2v) is 7.20. The minimum atomic E-state index is -0.326. The molecule has 3 aromatic rings. The Morgan fingerprint density at radius 2 is 2.15 bits per heavy atom. The third-order valence-electron chi connectivity index (χ3n) is 3.61. The van der Waals surface area contributed by atoms with Crippen LogP contribution in [0.25, 0.3) is 16.2 Å². The molecule has 0 aliphatic heterocycles. The van der Waals surface area contributed by atoms with Crippen molar-refractivity contribution < 1.29 is 19.1 Å². The van der Waals surface area contributed by atoms with Gasteiger partial charge in [-0.3, -0.25) is 14.0 Å². The quantitative estimate of drug-likeness (QED) is 0.445. The number of halogens is 2. The van der Waals surface area contributed by atoms with E-state index in [9.17, 15) is 9.59 Å². The molecule has 0 fully saturated rings. The summed E-state index contributed by atoms with van der Waals surface area (Å²) in [5.74, 6) is 0.0600. The van der Waals surface area contributed by atoms with E-state index in [1.54, 1.807) is 29.7 Å². The van der Waals surface area contributed by atoms with Gasteiger partial charge in [-0.2, -0.15) is 0 Å². The van der Waals surface area contributed by atoms with E-state index in [0.717, 1.165) is 4.88 Å². The second-order valence-electron chi connectivity index (χ2n) is 5.26. The minimum Gasteiger partial charge on any atom is -0.494 e. The Morgan fingerprint density at radius 3 is 2.81 bits per heavy atom. The molecule has 0 aliphatic rings. The molecule has 0 N–H and O–H groups in total. The molecule has 6 nitrogen and oxygen atoms in total. The van der Waals surface area contributed by atoms with E-state index in [0.29, 0.717) is 50.6 Å². The normalized spacial score (nSPS) is 10.9. The number of benzene rings is 1. The Bertz CT molecular complexity index is 996. The number of ether oxygens (including phenoxy) is 2. The molecule has 0 unspecified atom stereocenters. The van der Waals surface area contributed by atoms with E-state index >= 15 is 0 Å². The van der Waals surface area contributed by atoms with Crippen LogP contribution in [0.3, 0.4) is 0 Å². The first-order valence-corrected chi connectivity index (χ1v) is 9.20. The zero-order valence-electron chi connectivity index (χ0n) is 13.9. The van der Waals surface area contributed by atoms with Crippen LogP contribution in [0.1, 0.15) is 22.3 Å². The number of aromatic nitrogens is 2. The molecular weight excluding hydrogens is 399 g/mol. The summed E-state index contributed by atoms with van der Waals surface area (Å²) in [6.45, 7) is 2.07. The third kappa shape index (κ3) is 3.42. The zero-order valence-corrected chi connectivity index (χ0v) is 16.2. The molecule has 1 aromatic carbocycles. The van der Waals surface area contributed by atoms with Crippen LogP contribution in [0.2, 0.25) is 10.0 Å². The average molecular weight is 413 g/mol. The maximum Gasteiger partial charge on any atom is 0.311 e. The summed E-state index contributed by atoms with van der Waals surface area (Å²) >= 11 is 13.6. The Balaban J connectivity index is 2.10. The predicted molar refractivity (Wildman–Crippen MR) is 101 cm³/mol. The van der Waals surface area contributed by atoms with Crippen LogP contribution in [-0.4, -0.2) is 35.4 Å². The molecule has 0 atom stereocenters. The van der Waals surface area contributed by atoms with Gasteiger partial charge in [-0.15, -0.1) is 11.3 Å². The minimum absolute atomic E-state index is 0.127. The molecule has 0 bridgehead atoms. The first-order chi connectivity index (χ1) is 12.5. The molecule has 3 rings (SSSR count). The van der Waals surface area contributed by atoms with Gasteiger partial charge in [0, 0.05) is 21.7 Å². The number of hydrogen-bond donors (Lipinski definition) is 0. The van der Waals surface area contributed by atoms with Gasteiger partial charge in [0.1, 0.15) is 17.1 Å². The van der Waals surface area contributed by atoms with Crippen LogP contribution in [0.5, 0.6) is 5.75 Å². The lowest BCUT2D eigenvalue weighted by Crippen LogP contribution is -2.06. The Labute approximate surface area is 163 Å². The van der Waals surface area contributed by atoms with Crippen molar-refractivity contribution in [2.75, 3.05) is 13.7 Å². The van der Waals surface area contributed by atoms with Gasteiger partial charge >= 0.3 is 5.97 Å². The Morgan fingerprint density at radius 1 is 1.38 bits per heavy atom. The van der Waals surface area contributed by atoms with E-state index in [2.05, 4.69) is 4.98 Å². The van der Waals surface area contributed by atoms with Gasteiger partial charge in [0.05, 0.1) is 25.2 Å². The first kappa shape index (κ1) is 18.7. The number of imidazole rings is 1. The van der Waals surface area contributed by atoms with Gasteiger partial charge in [-0.1, -0.05) is 23.2 Å². The monoisotopic (exact) mass is 412 g/mol. The van der Waals surface area contributed by atoms with Crippen LogP contribution < -0.4 is 4.74 Å². The van der Waals surface area contributed by atoms with Gasteiger partial charge in [0.2, 0.25) is 0 Å². The fraction of sp³-hybridized carbons (Fsp3) is 0.235. The molecule has 0 radical (unpaired) electrons. The molecule has 2 heterocycles. The highest BCUT2D eigenvalue weighted by atomic mass is 35.5. The lowest BCUT2D eigenvalue weighted by Gasteiger charge is -2.09. The molecule has 0 saturated heterocycles. The summed E-state index contributed by atoms with van der Waals surface area (Å²) in [4.78, 5) is 29.2. The second kappa shape index (κ2) is 7.65. The lowest BCUT2D eigenvalue weighted by atomic mass is 10.1. The summed E-state index contributed by atoms with van der Waals surface area (Å²) in [5.41, 5.74) is 1.26. The van der Waals surface area contributed by atoms with E-state index in [1.165, 1.54) is 18.4 Å². The predicted octanol–water partition coefficient (Wildman–Crippen LogP) is 4.30. The lowest BCUT2D eigenvalue weighted by molar-refractivity contribution is -0.142. The maximum absolute atomic E-state index is 11.7. The molecule has 0 amide bonds. The fourth-order valence-electron chi connectivity index (χ4n) is 2.60. The number of methoxy groups -OCH3 is 1. The highest BCUT2D eigenvalue weighted by molar-refractivity contribution is 7.17. The van der Waals surface area contributed by atoms with Crippen molar-refractivity contribution in [3.8, 4) is 17.0 Å². The Kier molecular flexibility index (Phi) is 5.50. The largest absolute Gasteiger partial charge is 0.494 e. The van der Waals surface area contributed by atoms with Gasteiger partial charge in [0.15, 0.2) is 11.2 Å². The van der Waals surface area contributed by atoms with Crippen LogP contribution in [0.4, 0.5) is 0 Å². The van der Waals surface area contributed by atoms with Crippen LogP contribution in [0.15, 0.2) is 18.3 Å². The first-order valence-electron chi connectivity index (χ1n) is 7.63. The standard InChI is InChI=1S/C17H14Cl2N2O4S/c1-3-25-14(23)6-10-7-21-13(8-22)15(20-17(21)26-10)11-4-9(18)5-12(19)16(11)24-2/h4-5,7-8H,3,6H2,1-2H3. The molecule has 136 valence electrons. The smallest absolute Gasteiger partial charge is 0.311 e. The third-order valence-corrected chi connectivity index (χ3v) is 5.10. The molecular formula is C17H14Cl2N2O4S. The van der Waals surface area contributed by atoms with E-state index in [-0.39, 0.29) is 12.4 Å². The highest BCUT2D eigenvalue weighted by Crippen LogP contribution is 2.40. The van der Waals surface area contributed by atoms with Gasteiger partial charge in [-0.25, -0.2) is 4.98 Å². The van der Waals surface area contributed by atoms with Gasteiger partial charge < -0.3 is 9.47 Å². The van der Waals surface area contributed by atoms with E-state index in [1.807, 2.05) is 0 Å². The SMILES string of the molecule is CCOC(=O)Cc1cn2c(C=O)c(-c3cc(Cl)cc(Cl)c3OC)nc2s1. The maximum atomic E-state index is 11.7. The number of aldehydes is 1. The summed E-state index contributed by atoms with van der Waals surface area (Å²) in [6, 6.07) is 3.20. The fourth-order valence-corrected chi connectivity index (χ4v) is 4.14. The van der Waals surface area contributed by atoms with Gasteiger partial charge in [-0.05, 0) is 19.1 Å². The molecule has 9 heteroatoms. The number of carbonyl (C=O) groups is 2. The number of esters is 1. The van der Waals surface area contributed by atoms with Crippen molar-refractivity contribution in [2.45, 2.75) is 13.3 Å². The number of nitrogens with zero attached hydrogens (tertiary/aromatic N) is 2. The van der Waals surface area contributed by atoms with Crippen molar-refractivity contribution >= 4 is 51.8 Å². The number of thiazole rings is 1. The molecule has 26 heavy (non-hydrogen) atoms. The van der Waals surface area contributed by atoms with E-state index < -0.39 is 0 Å². The molecule has 0 spiro atoms. The highest BCUT2D eigenvalue weighted by Gasteiger charge is 2.22. The number of carbonyl (C=O) groups excluding carboxylic acids is 2. The number of fused-ring (bicyclic) bond motifs is 1. The Hall–Kier alpha value is -2.09. The molecule has 0 saturated carbocycles. The van der Waals surface area contributed by atoms with Gasteiger partial charge in [0.25, 0.3) is 0 Å². The molecule has 0 aliphatic carbocycles. The molecule has 2 aromatic heterocycles. The average Bonchev–Trinajstić information content (AvgIpc) is 3.10.